The highest BCUT2D eigenvalue weighted by molar-refractivity contribution is 7.99. The standard InChI is InChI=1S/C23H20N2O3S/c1-15(2)23(27)28-13-12-25(3)22(26)18(14-24)21-16-8-4-6-10-19(16)29-20-11-7-5-9-17(20)21/h4-11H,1,12-13H2,2-3H3. The second kappa shape index (κ2) is 8.80. The summed E-state index contributed by atoms with van der Waals surface area (Å²) in [7, 11) is 1.59. The first-order valence-corrected chi connectivity index (χ1v) is 9.84. The number of hydrogen-bond acceptors (Lipinski definition) is 5. The van der Waals surface area contributed by atoms with Crippen molar-refractivity contribution in [1.29, 1.82) is 5.26 Å². The van der Waals surface area contributed by atoms with Gasteiger partial charge in [-0.2, -0.15) is 5.26 Å². The molecule has 0 saturated carbocycles. The number of nitriles is 1. The van der Waals surface area contributed by atoms with Crippen LogP contribution in [0.1, 0.15) is 18.1 Å². The molecule has 1 aliphatic rings. The van der Waals surface area contributed by atoms with E-state index in [0.717, 1.165) is 20.9 Å². The first kappa shape index (κ1) is 20.4. The molecule has 29 heavy (non-hydrogen) atoms. The van der Waals surface area contributed by atoms with Crippen molar-refractivity contribution in [3.63, 3.8) is 0 Å². The Balaban J connectivity index is 1.96. The molecule has 1 aliphatic heterocycles. The molecule has 2 aromatic rings. The van der Waals surface area contributed by atoms with E-state index < -0.39 is 11.9 Å². The Labute approximate surface area is 174 Å². The summed E-state index contributed by atoms with van der Waals surface area (Å²) in [5.74, 6) is -0.915. The Morgan fingerprint density at radius 1 is 1.10 bits per heavy atom. The molecule has 0 unspecified atom stereocenters. The van der Waals surface area contributed by atoms with Crippen LogP contribution in [0.2, 0.25) is 0 Å². The van der Waals surface area contributed by atoms with Gasteiger partial charge in [0.25, 0.3) is 5.91 Å². The van der Waals surface area contributed by atoms with Crippen LogP contribution in [0.3, 0.4) is 0 Å². The van der Waals surface area contributed by atoms with Crippen LogP contribution in [0.25, 0.3) is 5.57 Å². The number of esters is 1. The molecule has 0 saturated heterocycles. The lowest BCUT2D eigenvalue weighted by Gasteiger charge is -2.24. The van der Waals surface area contributed by atoms with Crippen LogP contribution in [-0.4, -0.2) is 37.0 Å². The minimum Gasteiger partial charge on any atom is -0.460 e. The van der Waals surface area contributed by atoms with Crippen LogP contribution >= 0.6 is 11.8 Å². The van der Waals surface area contributed by atoms with Crippen LogP contribution in [-0.2, 0) is 14.3 Å². The number of carbonyl (C=O) groups excluding carboxylic acids is 2. The fourth-order valence-corrected chi connectivity index (χ4v) is 4.05. The van der Waals surface area contributed by atoms with Gasteiger partial charge in [0.15, 0.2) is 0 Å². The van der Waals surface area contributed by atoms with Gasteiger partial charge < -0.3 is 9.64 Å². The maximum atomic E-state index is 13.1. The molecule has 0 radical (unpaired) electrons. The van der Waals surface area contributed by atoms with Gasteiger partial charge in [0.1, 0.15) is 18.2 Å². The molecule has 0 atom stereocenters. The Kier molecular flexibility index (Phi) is 6.20. The zero-order valence-corrected chi connectivity index (χ0v) is 17.1. The number of ether oxygens (including phenoxy) is 1. The molecule has 0 N–H and O–H groups in total. The third-order valence-electron chi connectivity index (χ3n) is 4.46. The maximum absolute atomic E-state index is 13.1. The number of amides is 1. The number of carbonyl (C=O) groups is 2. The molecule has 0 spiro atoms. The average Bonchev–Trinajstić information content (AvgIpc) is 2.73. The number of nitrogens with zero attached hydrogens (tertiary/aromatic N) is 2. The van der Waals surface area contributed by atoms with Gasteiger partial charge in [-0.3, -0.25) is 4.79 Å². The topological polar surface area (TPSA) is 70.4 Å². The van der Waals surface area contributed by atoms with Crippen molar-refractivity contribution in [2.75, 3.05) is 20.2 Å². The minimum atomic E-state index is -0.503. The van der Waals surface area contributed by atoms with E-state index in [4.69, 9.17) is 4.74 Å². The van der Waals surface area contributed by atoms with E-state index >= 15 is 0 Å². The van der Waals surface area contributed by atoms with Crippen LogP contribution in [0.4, 0.5) is 0 Å². The molecule has 146 valence electrons. The van der Waals surface area contributed by atoms with Crippen LogP contribution < -0.4 is 0 Å². The summed E-state index contributed by atoms with van der Waals surface area (Å²) in [6, 6.07) is 17.6. The van der Waals surface area contributed by atoms with Crippen LogP contribution in [0.5, 0.6) is 0 Å². The zero-order chi connectivity index (χ0) is 21.0. The van der Waals surface area contributed by atoms with Gasteiger partial charge in [0, 0.05) is 28.0 Å². The van der Waals surface area contributed by atoms with Gasteiger partial charge in [0.05, 0.1) is 6.54 Å². The molecule has 1 heterocycles. The maximum Gasteiger partial charge on any atom is 0.333 e. The quantitative estimate of drug-likeness (QED) is 0.364. The van der Waals surface area contributed by atoms with Crippen LogP contribution in [0.15, 0.2) is 76.0 Å². The fraction of sp³-hybridized carbons (Fsp3) is 0.174. The summed E-state index contributed by atoms with van der Waals surface area (Å²) >= 11 is 1.62. The molecule has 5 nitrogen and oxygen atoms in total. The highest BCUT2D eigenvalue weighted by Crippen LogP contribution is 2.46. The lowest BCUT2D eigenvalue weighted by molar-refractivity contribution is -0.140. The average molecular weight is 404 g/mol. The smallest absolute Gasteiger partial charge is 0.333 e. The first-order valence-electron chi connectivity index (χ1n) is 9.03. The molecule has 3 rings (SSSR count). The lowest BCUT2D eigenvalue weighted by Crippen LogP contribution is -2.32. The fourth-order valence-electron chi connectivity index (χ4n) is 2.96. The van der Waals surface area contributed by atoms with Crippen molar-refractivity contribution in [2.24, 2.45) is 0 Å². The van der Waals surface area contributed by atoms with Gasteiger partial charge >= 0.3 is 5.97 Å². The SMILES string of the molecule is C=C(C)C(=O)OCCN(C)C(=O)C(C#N)=C1c2ccccc2Sc2ccccc21. The second-order valence-corrected chi connectivity index (χ2v) is 7.68. The molecule has 0 bridgehead atoms. The molecular weight excluding hydrogens is 384 g/mol. The summed E-state index contributed by atoms with van der Waals surface area (Å²) < 4.78 is 5.06. The van der Waals surface area contributed by atoms with Crippen molar-refractivity contribution in [3.8, 4) is 6.07 Å². The normalized spacial score (nSPS) is 11.6. The van der Waals surface area contributed by atoms with Gasteiger partial charge in [-0.05, 0) is 30.2 Å². The predicted octanol–water partition coefficient (Wildman–Crippen LogP) is 4.05. The third-order valence-corrected chi connectivity index (χ3v) is 5.62. The number of benzene rings is 2. The molecule has 1 amide bonds. The zero-order valence-electron chi connectivity index (χ0n) is 16.3. The van der Waals surface area contributed by atoms with Crippen molar-refractivity contribution in [1.82, 2.24) is 4.90 Å². The number of rotatable bonds is 5. The Morgan fingerprint density at radius 2 is 1.66 bits per heavy atom. The van der Waals surface area contributed by atoms with E-state index in [1.165, 1.54) is 4.90 Å². The van der Waals surface area contributed by atoms with E-state index in [0.29, 0.717) is 11.1 Å². The van der Waals surface area contributed by atoms with Crippen molar-refractivity contribution in [3.05, 3.63) is 77.4 Å². The van der Waals surface area contributed by atoms with Gasteiger partial charge in [0.2, 0.25) is 0 Å². The monoisotopic (exact) mass is 404 g/mol. The molecule has 0 fully saturated rings. The largest absolute Gasteiger partial charge is 0.460 e. The summed E-state index contributed by atoms with van der Waals surface area (Å²) in [5.41, 5.74) is 2.73. The van der Waals surface area contributed by atoms with E-state index in [2.05, 4.69) is 12.6 Å². The molecular formula is C23H20N2O3S. The van der Waals surface area contributed by atoms with Crippen LogP contribution in [0, 0.1) is 11.3 Å². The molecule has 0 aromatic heterocycles. The van der Waals surface area contributed by atoms with Gasteiger partial charge in [-0.1, -0.05) is 54.7 Å². The number of hydrogen-bond donors (Lipinski definition) is 0. The molecule has 2 aromatic carbocycles. The van der Waals surface area contributed by atoms with Crippen molar-refractivity contribution >= 4 is 29.2 Å². The number of fused-ring (bicyclic) bond motifs is 2. The molecule has 6 heteroatoms. The van der Waals surface area contributed by atoms with E-state index in [9.17, 15) is 14.9 Å². The summed E-state index contributed by atoms with van der Waals surface area (Å²) in [6.07, 6.45) is 0. The van der Waals surface area contributed by atoms with Gasteiger partial charge in [-0.15, -0.1) is 0 Å². The highest BCUT2D eigenvalue weighted by Gasteiger charge is 2.27. The Morgan fingerprint density at radius 3 is 2.17 bits per heavy atom. The van der Waals surface area contributed by atoms with E-state index in [1.807, 2.05) is 48.5 Å². The number of likely N-dealkylation sites (N-methyl/N-ethyl adjacent to an activating group) is 1. The van der Waals surface area contributed by atoms with E-state index in [1.54, 1.807) is 25.7 Å². The molecule has 0 aliphatic carbocycles. The summed E-state index contributed by atoms with van der Waals surface area (Å²) in [4.78, 5) is 28.0. The Bertz CT molecular complexity index is 1020. The third kappa shape index (κ3) is 4.25. The van der Waals surface area contributed by atoms with E-state index in [-0.39, 0.29) is 18.7 Å². The second-order valence-electron chi connectivity index (χ2n) is 6.60. The first-order chi connectivity index (χ1) is 13.9. The minimum absolute atomic E-state index is 0.0327. The lowest BCUT2D eigenvalue weighted by atomic mass is 9.92. The summed E-state index contributed by atoms with van der Waals surface area (Å²) in [5, 5.41) is 9.88. The highest BCUT2D eigenvalue weighted by atomic mass is 32.2. The Hall–Kier alpha value is -3.30. The van der Waals surface area contributed by atoms with Gasteiger partial charge in [-0.25, -0.2) is 4.79 Å². The van der Waals surface area contributed by atoms with Crippen molar-refractivity contribution < 1.29 is 14.3 Å². The van der Waals surface area contributed by atoms with Crippen molar-refractivity contribution in [2.45, 2.75) is 16.7 Å². The summed E-state index contributed by atoms with van der Waals surface area (Å²) in [6.45, 7) is 5.29. The predicted molar refractivity (Wildman–Crippen MR) is 112 cm³/mol.